The molecule has 2 aliphatic carbocycles. The zero-order valence-corrected chi connectivity index (χ0v) is 11.6. The van der Waals surface area contributed by atoms with Gasteiger partial charge in [0.25, 0.3) is 0 Å². The molecule has 2 aliphatic rings. The first-order chi connectivity index (χ1) is 8.70. The third kappa shape index (κ3) is 3.15. The Kier molecular flexibility index (Phi) is 4.85. The molecular formula is C16H26O2. The number of carbonyl (C=O) groups is 1. The normalized spacial score (nSPS) is 24.7. The predicted molar refractivity (Wildman–Crippen MR) is 73.5 cm³/mol. The quantitative estimate of drug-likeness (QED) is 0.589. The van der Waals surface area contributed by atoms with Gasteiger partial charge >= 0.3 is 0 Å². The smallest absolute Gasteiger partial charge is 0.164 e. The molecule has 2 fully saturated rings. The maximum absolute atomic E-state index is 12.4. The molecule has 0 aromatic heterocycles. The van der Waals surface area contributed by atoms with Crippen molar-refractivity contribution in [3.05, 3.63) is 11.3 Å². The molecule has 0 bridgehead atoms. The molecule has 2 nitrogen and oxygen atoms in total. The monoisotopic (exact) mass is 250 g/mol. The minimum atomic E-state index is 0.185. The lowest BCUT2D eigenvalue weighted by atomic mass is 9.81. The zero-order chi connectivity index (χ0) is 13.0. The van der Waals surface area contributed by atoms with Crippen molar-refractivity contribution in [2.75, 3.05) is 0 Å². The van der Waals surface area contributed by atoms with Gasteiger partial charge in [-0.15, -0.1) is 0 Å². The van der Waals surface area contributed by atoms with E-state index in [0.29, 0.717) is 11.3 Å². The topological polar surface area (TPSA) is 37.3 Å². The maximum Gasteiger partial charge on any atom is 0.164 e. The second-order valence-electron chi connectivity index (χ2n) is 6.04. The molecule has 2 saturated carbocycles. The summed E-state index contributed by atoms with van der Waals surface area (Å²) >= 11 is 0. The minimum absolute atomic E-state index is 0.185. The van der Waals surface area contributed by atoms with Crippen LogP contribution in [0.25, 0.3) is 0 Å². The average molecular weight is 250 g/mol. The molecule has 0 aromatic rings. The lowest BCUT2D eigenvalue weighted by molar-refractivity contribution is -0.120. The Labute approximate surface area is 110 Å². The highest BCUT2D eigenvalue weighted by Crippen LogP contribution is 2.32. The van der Waals surface area contributed by atoms with E-state index in [1.807, 2.05) is 6.92 Å². The molecule has 0 unspecified atom stereocenters. The highest BCUT2D eigenvalue weighted by Gasteiger charge is 2.27. The van der Waals surface area contributed by atoms with E-state index in [1.54, 1.807) is 0 Å². The highest BCUT2D eigenvalue weighted by atomic mass is 16.3. The third-order valence-corrected chi connectivity index (χ3v) is 4.72. The van der Waals surface area contributed by atoms with Crippen LogP contribution in [0.3, 0.4) is 0 Å². The summed E-state index contributed by atoms with van der Waals surface area (Å²) in [6.45, 7) is 1.83. The van der Waals surface area contributed by atoms with Crippen LogP contribution in [0.5, 0.6) is 0 Å². The van der Waals surface area contributed by atoms with E-state index in [2.05, 4.69) is 0 Å². The number of aliphatic hydroxyl groups excluding tert-OH is 1. The zero-order valence-electron chi connectivity index (χ0n) is 11.6. The molecule has 0 aliphatic heterocycles. The Bertz CT molecular complexity index is 318. The standard InChI is InChI=1S/C16H26O2/c1-12(15(17)13-8-4-2-5-9-13)16(18)14-10-6-3-7-11-14/h13-14,17H,2-11H2,1H3/b15-12-. The van der Waals surface area contributed by atoms with Crippen LogP contribution in [0.15, 0.2) is 11.3 Å². The van der Waals surface area contributed by atoms with Crippen LogP contribution >= 0.6 is 0 Å². The first kappa shape index (κ1) is 13.6. The number of ketones is 1. The summed E-state index contributed by atoms with van der Waals surface area (Å²) in [4.78, 5) is 12.4. The van der Waals surface area contributed by atoms with Gasteiger partial charge in [-0.25, -0.2) is 0 Å². The Morgan fingerprint density at radius 1 is 0.833 bits per heavy atom. The first-order valence-corrected chi connectivity index (χ1v) is 7.64. The van der Waals surface area contributed by atoms with Gasteiger partial charge in [0.15, 0.2) is 5.78 Å². The minimum Gasteiger partial charge on any atom is -0.512 e. The fraction of sp³-hybridized carbons (Fsp3) is 0.812. The van der Waals surface area contributed by atoms with Crippen LogP contribution in [0.1, 0.15) is 71.1 Å². The molecule has 18 heavy (non-hydrogen) atoms. The lowest BCUT2D eigenvalue weighted by Gasteiger charge is -2.25. The van der Waals surface area contributed by atoms with E-state index >= 15 is 0 Å². The second kappa shape index (κ2) is 6.40. The van der Waals surface area contributed by atoms with Crippen molar-refractivity contribution in [2.45, 2.75) is 71.1 Å². The molecule has 2 heteroatoms. The molecule has 0 radical (unpaired) electrons. The van der Waals surface area contributed by atoms with Crippen LogP contribution in [0.2, 0.25) is 0 Å². The summed E-state index contributed by atoms with van der Waals surface area (Å²) in [5, 5.41) is 10.3. The molecule has 0 atom stereocenters. The molecule has 102 valence electrons. The first-order valence-electron chi connectivity index (χ1n) is 7.64. The van der Waals surface area contributed by atoms with Gasteiger partial charge in [-0.1, -0.05) is 38.5 Å². The van der Waals surface area contributed by atoms with E-state index in [1.165, 1.54) is 38.5 Å². The number of allylic oxidation sites excluding steroid dienone is 2. The average Bonchev–Trinajstić information content (AvgIpc) is 2.47. The number of rotatable bonds is 3. The number of Topliss-reactive ketones (excluding diaryl/α,β-unsaturated/α-hetero) is 1. The lowest BCUT2D eigenvalue weighted by Crippen LogP contribution is -2.21. The van der Waals surface area contributed by atoms with Crippen molar-refractivity contribution in [1.29, 1.82) is 0 Å². The predicted octanol–water partition coefficient (Wildman–Crippen LogP) is 4.55. The number of carbonyl (C=O) groups excluding carboxylic acids is 1. The van der Waals surface area contributed by atoms with Gasteiger partial charge < -0.3 is 5.11 Å². The molecule has 0 aromatic carbocycles. The SMILES string of the molecule is C/C(C(=O)C1CCCCC1)=C(/O)C1CCCCC1. The fourth-order valence-electron chi connectivity index (χ4n) is 3.48. The summed E-state index contributed by atoms with van der Waals surface area (Å²) < 4.78 is 0. The summed E-state index contributed by atoms with van der Waals surface area (Å²) in [7, 11) is 0. The second-order valence-corrected chi connectivity index (χ2v) is 6.04. The van der Waals surface area contributed by atoms with Crippen LogP contribution in [0, 0.1) is 11.8 Å². The van der Waals surface area contributed by atoms with Crippen LogP contribution in [-0.4, -0.2) is 10.9 Å². The molecule has 1 N–H and O–H groups in total. The van der Waals surface area contributed by atoms with E-state index in [9.17, 15) is 9.90 Å². The Hall–Kier alpha value is -0.790. The number of hydrogen-bond acceptors (Lipinski definition) is 2. The van der Waals surface area contributed by atoms with Crippen molar-refractivity contribution in [3.63, 3.8) is 0 Å². The van der Waals surface area contributed by atoms with Gasteiger partial charge in [0.2, 0.25) is 0 Å². The van der Waals surface area contributed by atoms with Crippen molar-refractivity contribution in [3.8, 4) is 0 Å². The van der Waals surface area contributed by atoms with Gasteiger partial charge in [-0.05, 0) is 32.6 Å². The van der Waals surface area contributed by atoms with Gasteiger partial charge in [0, 0.05) is 17.4 Å². The van der Waals surface area contributed by atoms with E-state index in [4.69, 9.17) is 0 Å². The Morgan fingerprint density at radius 3 is 1.78 bits per heavy atom. The van der Waals surface area contributed by atoms with Crippen LogP contribution in [0.4, 0.5) is 0 Å². The van der Waals surface area contributed by atoms with Gasteiger partial charge in [-0.2, -0.15) is 0 Å². The van der Waals surface area contributed by atoms with Crippen molar-refractivity contribution in [2.24, 2.45) is 11.8 Å². The van der Waals surface area contributed by atoms with Crippen LogP contribution in [-0.2, 0) is 4.79 Å². The highest BCUT2D eigenvalue weighted by molar-refractivity contribution is 5.97. The number of hydrogen-bond donors (Lipinski definition) is 1. The summed E-state index contributed by atoms with van der Waals surface area (Å²) in [6.07, 6.45) is 11.4. The van der Waals surface area contributed by atoms with Crippen LogP contribution < -0.4 is 0 Å². The van der Waals surface area contributed by atoms with E-state index < -0.39 is 0 Å². The maximum atomic E-state index is 12.4. The third-order valence-electron chi connectivity index (χ3n) is 4.72. The number of aliphatic hydroxyl groups is 1. The fourth-order valence-corrected chi connectivity index (χ4v) is 3.48. The Morgan fingerprint density at radius 2 is 1.28 bits per heavy atom. The summed E-state index contributed by atoms with van der Waals surface area (Å²) in [5.41, 5.74) is 0.661. The molecular weight excluding hydrogens is 224 g/mol. The summed E-state index contributed by atoms with van der Waals surface area (Å²) in [6, 6.07) is 0. The van der Waals surface area contributed by atoms with Gasteiger partial charge in [0.1, 0.15) is 5.76 Å². The van der Waals surface area contributed by atoms with Gasteiger partial charge in [-0.3, -0.25) is 4.79 Å². The van der Waals surface area contributed by atoms with Crippen molar-refractivity contribution >= 4 is 5.78 Å². The van der Waals surface area contributed by atoms with E-state index in [0.717, 1.165) is 25.7 Å². The van der Waals surface area contributed by atoms with E-state index in [-0.39, 0.29) is 17.6 Å². The molecule has 0 heterocycles. The van der Waals surface area contributed by atoms with Crippen molar-refractivity contribution < 1.29 is 9.90 Å². The molecule has 0 amide bonds. The molecule has 0 spiro atoms. The van der Waals surface area contributed by atoms with Gasteiger partial charge in [0.05, 0.1) is 0 Å². The molecule has 2 rings (SSSR count). The molecule has 0 saturated heterocycles. The largest absolute Gasteiger partial charge is 0.512 e. The Balaban J connectivity index is 2.02. The summed E-state index contributed by atoms with van der Waals surface area (Å²) in [5.74, 6) is 1.07. The van der Waals surface area contributed by atoms with Crippen molar-refractivity contribution in [1.82, 2.24) is 0 Å².